The fourth-order valence-electron chi connectivity index (χ4n) is 3.75. The van der Waals surface area contributed by atoms with E-state index in [-0.39, 0.29) is 5.39 Å². The molecule has 1 saturated heterocycles. The minimum absolute atomic E-state index is 0.0414. The van der Waals surface area contributed by atoms with Gasteiger partial charge in [-0.25, -0.2) is 9.18 Å². The number of rotatable bonds is 3. The molecule has 1 aliphatic heterocycles. The number of nitrogens with zero attached hydrogens (tertiary/aromatic N) is 3. The Morgan fingerprint density at radius 2 is 1.93 bits per heavy atom. The number of hydrogen-bond donors (Lipinski definition) is 2. The van der Waals surface area contributed by atoms with Gasteiger partial charge in [0.05, 0.1) is 31.0 Å². The van der Waals surface area contributed by atoms with E-state index in [0.29, 0.717) is 21.4 Å². The number of quaternary nitrogens is 1. The van der Waals surface area contributed by atoms with Crippen molar-refractivity contribution in [3.8, 4) is 5.69 Å². The third-order valence-electron chi connectivity index (χ3n) is 5.39. The van der Waals surface area contributed by atoms with Crippen LogP contribution in [0, 0.1) is 5.82 Å². The summed E-state index contributed by atoms with van der Waals surface area (Å²) in [6.45, 7) is 2.97. The van der Waals surface area contributed by atoms with Gasteiger partial charge in [0.25, 0.3) is 0 Å². The van der Waals surface area contributed by atoms with Gasteiger partial charge >= 0.3 is 5.97 Å². The van der Waals surface area contributed by atoms with Crippen LogP contribution in [-0.2, 0) is 0 Å². The number of benzene rings is 1. The largest absolute Gasteiger partial charge is 0.477 e. The first kappa shape index (κ1) is 18.3. The minimum Gasteiger partial charge on any atom is -0.477 e. The molecule has 0 unspecified atom stereocenters. The van der Waals surface area contributed by atoms with Crippen molar-refractivity contribution in [3.05, 3.63) is 64.5 Å². The number of aromatic carboxylic acids is 1. The lowest BCUT2D eigenvalue weighted by Gasteiger charge is -2.37. The molecule has 1 fully saturated rings. The Bertz CT molecular complexity index is 1120. The summed E-state index contributed by atoms with van der Waals surface area (Å²) in [5, 5.41) is 12.7. The third-order valence-corrected chi connectivity index (χ3v) is 5.39. The van der Waals surface area contributed by atoms with E-state index in [1.54, 1.807) is 35.2 Å². The van der Waals surface area contributed by atoms with E-state index in [1.807, 2.05) is 7.05 Å². The maximum Gasteiger partial charge on any atom is 0.341 e. The Balaban J connectivity index is 2.06. The van der Waals surface area contributed by atoms with Gasteiger partial charge in [-0.05, 0) is 18.2 Å². The van der Waals surface area contributed by atoms with Gasteiger partial charge in [-0.15, -0.1) is 0 Å². The number of nitrogens with one attached hydrogen (secondary N) is 1. The first-order valence-electron chi connectivity index (χ1n) is 8.99. The Labute approximate surface area is 160 Å². The summed E-state index contributed by atoms with van der Waals surface area (Å²) in [6, 6.07) is 6.26. The maximum absolute atomic E-state index is 15.1. The van der Waals surface area contributed by atoms with Gasteiger partial charge in [0.15, 0.2) is 11.5 Å². The molecule has 3 aromatic rings. The molecule has 4 rings (SSSR count). The molecule has 0 spiro atoms. The predicted octanol–water partition coefficient (Wildman–Crippen LogP) is 1.76. The summed E-state index contributed by atoms with van der Waals surface area (Å²) in [6.07, 6.45) is 4.45. The summed E-state index contributed by atoms with van der Waals surface area (Å²) in [5.74, 6) is -1.85. The fourth-order valence-corrected chi connectivity index (χ4v) is 3.75. The first-order chi connectivity index (χ1) is 13.4. The van der Waals surface area contributed by atoms with Crippen molar-refractivity contribution < 1.29 is 14.3 Å². The van der Waals surface area contributed by atoms with Crippen molar-refractivity contribution in [3.63, 3.8) is 0 Å². The molecule has 2 N–H and O–H groups in total. The number of likely N-dealkylation sites (N-methyl/N-ethyl adjacent to an activating group) is 1. The number of hydrogen-bond acceptors (Lipinski definition) is 4. The first-order valence-corrected chi connectivity index (χ1v) is 8.99. The molecule has 0 atom stereocenters. The van der Waals surface area contributed by atoms with E-state index in [2.05, 4.69) is 10.3 Å². The molecule has 1 aliphatic rings. The van der Waals surface area contributed by atoms with Gasteiger partial charge in [0.1, 0.15) is 5.56 Å². The maximum atomic E-state index is 15.1. The lowest BCUT2D eigenvalue weighted by molar-refractivity contribution is 0.0695. The van der Waals surface area contributed by atoms with E-state index >= 15 is 4.39 Å². The second-order valence-corrected chi connectivity index (χ2v) is 7.17. The van der Waals surface area contributed by atoms with Crippen molar-refractivity contribution in [1.82, 2.24) is 19.4 Å². The average molecular weight is 383 g/mol. The highest BCUT2D eigenvalue weighted by Crippen LogP contribution is 2.30. The molecule has 28 heavy (non-hydrogen) atoms. The van der Waals surface area contributed by atoms with Crippen molar-refractivity contribution in [2.24, 2.45) is 0 Å². The summed E-state index contributed by atoms with van der Waals surface area (Å²) < 4.78 is 17.1. The molecule has 0 aliphatic carbocycles. The number of carbonyl (C=O) groups is 1. The van der Waals surface area contributed by atoms with Crippen molar-refractivity contribution in [2.75, 3.05) is 33.2 Å². The van der Waals surface area contributed by atoms with Crippen LogP contribution in [0.15, 0.2) is 47.7 Å². The Hall–Kier alpha value is -3.10. The van der Waals surface area contributed by atoms with Crippen LogP contribution in [0.5, 0.6) is 0 Å². The molecular formula is C20H20FN4O3+. The number of piperazine rings is 1. The van der Waals surface area contributed by atoms with Crippen LogP contribution in [0.1, 0.15) is 10.4 Å². The molecule has 2 aromatic heterocycles. The van der Waals surface area contributed by atoms with Gasteiger partial charge in [-0.1, -0.05) is 0 Å². The highest BCUT2D eigenvalue weighted by Gasteiger charge is 2.32. The van der Waals surface area contributed by atoms with Crippen LogP contribution in [-0.4, -0.2) is 53.9 Å². The van der Waals surface area contributed by atoms with E-state index in [1.165, 1.54) is 12.3 Å². The van der Waals surface area contributed by atoms with E-state index in [9.17, 15) is 14.7 Å². The molecule has 7 nitrogen and oxygen atoms in total. The van der Waals surface area contributed by atoms with Crippen molar-refractivity contribution in [1.29, 1.82) is 0 Å². The van der Waals surface area contributed by atoms with Gasteiger partial charge in [0.2, 0.25) is 5.43 Å². The zero-order valence-corrected chi connectivity index (χ0v) is 15.4. The molecule has 1 aromatic carbocycles. The van der Waals surface area contributed by atoms with E-state index < -0.39 is 22.8 Å². The van der Waals surface area contributed by atoms with Crippen LogP contribution in [0.25, 0.3) is 16.6 Å². The number of aromatic nitrogens is 2. The number of carboxylic acids is 1. The van der Waals surface area contributed by atoms with Crippen molar-refractivity contribution in [2.45, 2.75) is 0 Å². The van der Waals surface area contributed by atoms with E-state index in [0.717, 1.165) is 26.2 Å². The Morgan fingerprint density at radius 3 is 2.57 bits per heavy atom. The highest BCUT2D eigenvalue weighted by molar-refractivity contribution is 5.94. The molecule has 0 bridgehead atoms. The van der Waals surface area contributed by atoms with Crippen LogP contribution in [0.4, 0.5) is 10.1 Å². The second kappa shape index (κ2) is 6.81. The van der Waals surface area contributed by atoms with E-state index in [4.69, 9.17) is 0 Å². The monoisotopic (exact) mass is 383 g/mol. The number of halogens is 1. The van der Waals surface area contributed by atoms with Crippen LogP contribution in [0.3, 0.4) is 0 Å². The van der Waals surface area contributed by atoms with Gasteiger partial charge < -0.3 is 15.0 Å². The fraction of sp³-hybridized carbons (Fsp3) is 0.250. The standard InChI is InChI=1S/C20H19FN4O3/c1-25(8-6-23-7-9-25)18-11-17-14(10-16(18)21)19(26)15(20(27)28)12-24(17)13-2-4-22-5-3-13/h2-5,10-12,23H,6-9H2,1H3/p+1. The third kappa shape index (κ3) is 2.96. The lowest BCUT2D eigenvalue weighted by atomic mass is 10.1. The molecule has 0 radical (unpaired) electrons. The van der Waals surface area contributed by atoms with Crippen molar-refractivity contribution >= 4 is 22.6 Å². The number of pyridine rings is 2. The topological polar surface area (TPSA) is 84.2 Å². The summed E-state index contributed by atoms with van der Waals surface area (Å²) in [5.41, 5.74) is 0.498. The Kier molecular flexibility index (Phi) is 4.44. The molecular weight excluding hydrogens is 363 g/mol. The Morgan fingerprint density at radius 1 is 1.25 bits per heavy atom. The van der Waals surface area contributed by atoms with Gasteiger partial charge in [0, 0.05) is 43.4 Å². The highest BCUT2D eigenvalue weighted by atomic mass is 19.1. The molecule has 3 heterocycles. The zero-order valence-electron chi connectivity index (χ0n) is 15.4. The quantitative estimate of drug-likeness (QED) is 0.674. The van der Waals surface area contributed by atoms with Crippen LogP contribution >= 0.6 is 0 Å². The summed E-state index contributed by atoms with van der Waals surface area (Å²) >= 11 is 0. The lowest BCUT2D eigenvalue weighted by Crippen LogP contribution is -2.57. The average Bonchev–Trinajstić information content (AvgIpc) is 2.69. The van der Waals surface area contributed by atoms with Crippen LogP contribution < -0.4 is 15.2 Å². The zero-order chi connectivity index (χ0) is 19.9. The van der Waals surface area contributed by atoms with Gasteiger partial charge in [-0.2, -0.15) is 0 Å². The molecule has 0 saturated carbocycles. The summed E-state index contributed by atoms with van der Waals surface area (Å²) in [7, 11) is 1.96. The minimum atomic E-state index is -1.35. The van der Waals surface area contributed by atoms with Gasteiger partial charge in [-0.3, -0.25) is 14.3 Å². The predicted molar refractivity (Wildman–Crippen MR) is 105 cm³/mol. The normalized spacial score (nSPS) is 16.2. The second-order valence-electron chi connectivity index (χ2n) is 7.17. The summed E-state index contributed by atoms with van der Waals surface area (Å²) in [4.78, 5) is 28.2. The SMILES string of the molecule is C[N+]1(c2cc3c(cc2F)c(=O)c(C(=O)O)cn3-c2ccncc2)CCNCC1. The van der Waals surface area contributed by atoms with Crippen LogP contribution in [0.2, 0.25) is 0 Å². The number of fused-ring (bicyclic) bond motifs is 1. The number of carboxylic acid groups (broad SMARTS) is 1. The molecule has 8 heteroatoms. The smallest absolute Gasteiger partial charge is 0.341 e. The molecule has 0 amide bonds. The molecule has 144 valence electrons.